The summed E-state index contributed by atoms with van der Waals surface area (Å²) < 4.78 is 0. The highest BCUT2D eigenvalue weighted by atomic mass is 32.1. The molecule has 2 unspecified atom stereocenters. The van der Waals surface area contributed by atoms with Crippen LogP contribution < -0.4 is 0 Å². The molecule has 0 aromatic carbocycles. The average molecular weight is 228 g/mol. The van der Waals surface area contributed by atoms with Crippen molar-refractivity contribution in [1.29, 1.82) is 0 Å². The van der Waals surface area contributed by atoms with Gasteiger partial charge in [-0.3, -0.25) is 0 Å². The monoisotopic (exact) mass is 228 g/mol. The lowest BCUT2D eigenvalue weighted by Crippen LogP contribution is -2.23. The van der Waals surface area contributed by atoms with Gasteiger partial charge in [0, 0.05) is 5.25 Å². The molecule has 1 fully saturated rings. The lowest BCUT2D eigenvalue weighted by molar-refractivity contribution is 0.258. The molecule has 0 aliphatic heterocycles. The van der Waals surface area contributed by atoms with E-state index in [2.05, 4.69) is 40.3 Å². The quantitative estimate of drug-likeness (QED) is 0.633. The molecule has 1 aliphatic carbocycles. The van der Waals surface area contributed by atoms with Gasteiger partial charge < -0.3 is 0 Å². The summed E-state index contributed by atoms with van der Waals surface area (Å²) in [5, 5.41) is 0.508. The largest absolute Gasteiger partial charge is 0.176 e. The van der Waals surface area contributed by atoms with Crippen molar-refractivity contribution in [3.05, 3.63) is 0 Å². The molecular weight excluding hydrogens is 200 g/mol. The Labute approximate surface area is 102 Å². The Balaban J connectivity index is 2.29. The molecule has 2 atom stereocenters. The predicted octanol–water partition coefficient (Wildman–Crippen LogP) is 4.94. The summed E-state index contributed by atoms with van der Waals surface area (Å²) >= 11 is 4.59. The van der Waals surface area contributed by atoms with Crippen molar-refractivity contribution >= 4 is 12.6 Å². The van der Waals surface area contributed by atoms with Gasteiger partial charge in [-0.15, -0.1) is 0 Å². The summed E-state index contributed by atoms with van der Waals surface area (Å²) in [7, 11) is 0. The van der Waals surface area contributed by atoms with Crippen LogP contribution in [0.2, 0.25) is 0 Å². The van der Waals surface area contributed by atoms with E-state index < -0.39 is 0 Å². The fourth-order valence-corrected chi connectivity index (χ4v) is 2.70. The van der Waals surface area contributed by atoms with Crippen molar-refractivity contribution < 1.29 is 0 Å². The van der Waals surface area contributed by atoms with Gasteiger partial charge in [0.05, 0.1) is 0 Å². The molecule has 0 N–H and O–H groups in total. The summed E-state index contributed by atoms with van der Waals surface area (Å²) in [6.07, 6.45) is 8.64. The van der Waals surface area contributed by atoms with E-state index in [-0.39, 0.29) is 0 Å². The van der Waals surface area contributed by atoms with Gasteiger partial charge in [-0.1, -0.05) is 53.4 Å². The standard InChI is InChI=1S/C14H28S/c1-11(13-7-5-6-8-13)9-10-14(3,4)12(2)15/h11-13,15H,5-10H2,1-4H3. The van der Waals surface area contributed by atoms with Crippen LogP contribution in [0.5, 0.6) is 0 Å². The Hall–Kier alpha value is 0.350. The predicted molar refractivity (Wildman–Crippen MR) is 72.6 cm³/mol. The molecule has 0 aromatic heterocycles. The van der Waals surface area contributed by atoms with Crippen molar-refractivity contribution in [1.82, 2.24) is 0 Å². The van der Waals surface area contributed by atoms with E-state index in [4.69, 9.17) is 0 Å². The third kappa shape index (κ3) is 4.01. The van der Waals surface area contributed by atoms with Crippen LogP contribution in [-0.2, 0) is 0 Å². The molecule has 0 nitrogen and oxygen atoms in total. The molecule has 0 radical (unpaired) electrons. The molecular formula is C14H28S. The van der Waals surface area contributed by atoms with E-state index in [1.54, 1.807) is 0 Å². The SMILES string of the molecule is CC(CCC(C)(C)C(C)S)C1CCCC1. The van der Waals surface area contributed by atoms with Crippen LogP contribution in [0, 0.1) is 17.3 Å². The lowest BCUT2D eigenvalue weighted by Gasteiger charge is -2.31. The molecule has 1 aliphatic rings. The van der Waals surface area contributed by atoms with Crippen molar-refractivity contribution in [2.45, 2.75) is 71.5 Å². The van der Waals surface area contributed by atoms with E-state index in [9.17, 15) is 0 Å². The first-order valence-electron chi connectivity index (χ1n) is 6.61. The Morgan fingerprint density at radius 2 is 1.73 bits per heavy atom. The Morgan fingerprint density at radius 3 is 2.20 bits per heavy atom. The highest BCUT2D eigenvalue weighted by Crippen LogP contribution is 2.37. The second kappa shape index (κ2) is 5.61. The number of rotatable bonds is 5. The Morgan fingerprint density at radius 1 is 1.20 bits per heavy atom. The maximum Gasteiger partial charge on any atom is 0.00396 e. The molecule has 0 bridgehead atoms. The van der Waals surface area contributed by atoms with Gasteiger partial charge in [0.1, 0.15) is 0 Å². The van der Waals surface area contributed by atoms with E-state index in [1.807, 2.05) is 0 Å². The molecule has 0 heterocycles. The summed E-state index contributed by atoms with van der Waals surface area (Å²) in [4.78, 5) is 0. The van der Waals surface area contributed by atoms with Crippen molar-refractivity contribution in [3.8, 4) is 0 Å². The van der Waals surface area contributed by atoms with Crippen LogP contribution in [0.4, 0.5) is 0 Å². The molecule has 15 heavy (non-hydrogen) atoms. The van der Waals surface area contributed by atoms with Crippen LogP contribution in [0.1, 0.15) is 66.2 Å². The van der Waals surface area contributed by atoms with Crippen molar-refractivity contribution in [3.63, 3.8) is 0 Å². The topological polar surface area (TPSA) is 0 Å². The van der Waals surface area contributed by atoms with Gasteiger partial charge in [0.15, 0.2) is 0 Å². The smallest absolute Gasteiger partial charge is 0.00396 e. The molecule has 0 spiro atoms. The fourth-order valence-electron chi connectivity index (χ4n) is 2.57. The summed E-state index contributed by atoms with van der Waals surface area (Å²) in [6, 6.07) is 0. The zero-order valence-electron chi connectivity index (χ0n) is 10.9. The first-order valence-corrected chi connectivity index (χ1v) is 7.13. The van der Waals surface area contributed by atoms with E-state index >= 15 is 0 Å². The molecule has 0 saturated heterocycles. The van der Waals surface area contributed by atoms with Crippen LogP contribution in [0.3, 0.4) is 0 Å². The lowest BCUT2D eigenvalue weighted by atomic mass is 9.79. The first-order chi connectivity index (χ1) is 6.93. The van der Waals surface area contributed by atoms with Crippen molar-refractivity contribution in [2.24, 2.45) is 17.3 Å². The maximum atomic E-state index is 4.59. The molecule has 0 amide bonds. The van der Waals surface area contributed by atoms with Gasteiger partial charge in [-0.05, 0) is 30.1 Å². The molecule has 1 saturated carbocycles. The van der Waals surface area contributed by atoms with E-state index in [0.717, 1.165) is 11.8 Å². The van der Waals surface area contributed by atoms with E-state index in [0.29, 0.717) is 10.7 Å². The van der Waals surface area contributed by atoms with Gasteiger partial charge in [0.2, 0.25) is 0 Å². The average Bonchev–Trinajstić information content (AvgIpc) is 2.66. The molecule has 0 aromatic rings. The number of hydrogen-bond acceptors (Lipinski definition) is 1. The molecule has 90 valence electrons. The van der Waals surface area contributed by atoms with Gasteiger partial charge in [0.25, 0.3) is 0 Å². The Bertz CT molecular complexity index is 178. The van der Waals surface area contributed by atoms with Gasteiger partial charge in [-0.2, -0.15) is 12.6 Å². The van der Waals surface area contributed by atoms with Crippen LogP contribution in [0.15, 0.2) is 0 Å². The molecule has 1 heteroatoms. The summed E-state index contributed by atoms with van der Waals surface area (Å²) in [6.45, 7) is 9.39. The second-order valence-electron chi connectivity index (χ2n) is 6.23. The zero-order chi connectivity index (χ0) is 11.5. The number of hydrogen-bond donors (Lipinski definition) is 1. The minimum Gasteiger partial charge on any atom is -0.176 e. The summed E-state index contributed by atoms with van der Waals surface area (Å²) in [5.41, 5.74) is 0.399. The van der Waals surface area contributed by atoms with Crippen molar-refractivity contribution in [2.75, 3.05) is 0 Å². The third-order valence-electron chi connectivity index (χ3n) is 4.58. The number of thiol groups is 1. The maximum absolute atomic E-state index is 4.59. The zero-order valence-corrected chi connectivity index (χ0v) is 11.8. The second-order valence-corrected chi connectivity index (χ2v) is 7.00. The van der Waals surface area contributed by atoms with Crippen LogP contribution in [0.25, 0.3) is 0 Å². The molecule has 1 rings (SSSR count). The van der Waals surface area contributed by atoms with Gasteiger partial charge >= 0.3 is 0 Å². The minimum absolute atomic E-state index is 0.399. The van der Waals surface area contributed by atoms with E-state index in [1.165, 1.54) is 38.5 Å². The van der Waals surface area contributed by atoms with Crippen LogP contribution >= 0.6 is 12.6 Å². The minimum atomic E-state index is 0.399. The van der Waals surface area contributed by atoms with Crippen LogP contribution in [-0.4, -0.2) is 5.25 Å². The highest BCUT2D eigenvalue weighted by Gasteiger charge is 2.26. The third-order valence-corrected chi connectivity index (χ3v) is 5.28. The summed E-state index contributed by atoms with van der Waals surface area (Å²) in [5.74, 6) is 1.95. The van der Waals surface area contributed by atoms with Gasteiger partial charge in [-0.25, -0.2) is 0 Å². The first kappa shape index (κ1) is 13.4. The normalized spacial score (nSPS) is 23.0. The highest BCUT2D eigenvalue weighted by molar-refractivity contribution is 7.81. The fraction of sp³-hybridized carbons (Fsp3) is 1.00. The Kier molecular flexibility index (Phi) is 5.02.